The zero-order valence-corrected chi connectivity index (χ0v) is 9.08. The summed E-state index contributed by atoms with van der Waals surface area (Å²) < 4.78 is 0.228. The van der Waals surface area contributed by atoms with Crippen molar-refractivity contribution in [2.24, 2.45) is 0 Å². The molecule has 1 heterocycles. The van der Waals surface area contributed by atoms with Gasteiger partial charge < -0.3 is 0 Å². The molecule has 70 valence electrons. The third-order valence-electron chi connectivity index (χ3n) is 2.53. The van der Waals surface area contributed by atoms with E-state index in [-0.39, 0.29) is 4.06 Å². The van der Waals surface area contributed by atoms with Crippen LogP contribution in [-0.2, 0) is 12.8 Å². The molecular formula is C11H8OS2. The zero-order chi connectivity index (χ0) is 9.54. The van der Waals surface area contributed by atoms with Crippen LogP contribution in [-0.4, -0.2) is 0 Å². The van der Waals surface area contributed by atoms with E-state index in [0.29, 0.717) is 0 Å². The van der Waals surface area contributed by atoms with Crippen molar-refractivity contribution in [3.63, 3.8) is 0 Å². The maximum atomic E-state index is 11.3. The summed E-state index contributed by atoms with van der Waals surface area (Å²) in [6, 6.07) is 8.39. The minimum atomic E-state index is 0.228. The number of hydrogen-bond acceptors (Lipinski definition) is 3. The van der Waals surface area contributed by atoms with Crippen molar-refractivity contribution in [1.29, 1.82) is 0 Å². The highest BCUT2D eigenvalue weighted by Crippen LogP contribution is 2.37. The predicted octanol–water partition coefficient (Wildman–Crippen LogP) is 2.94. The first kappa shape index (κ1) is 8.38. The van der Waals surface area contributed by atoms with Crippen LogP contribution in [0.2, 0.25) is 0 Å². The van der Waals surface area contributed by atoms with Crippen molar-refractivity contribution in [1.82, 2.24) is 0 Å². The first-order valence-electron chi connectivity index (χ1n) is 4.56. The lowest BCUT2D eigenvalue weighted by Crippen LogP contribution is -1.99. The quantitative estimate of drug-likeness (QED) is 0.667. The van der Waals surface area contributed by atoms with Gasteiger partial charge in [0, 0.05) is 4.88 Å². The molecule has 3 rings (SSSR count). The van der Waals surface area contributed by atoms with Crippen molar-refractivity contribution >= 4 is 22.7 Å². The number of rotatable bonds is 0. The van der Waals surface area contributed by atoms with E-state index in [1.807, 2.05) is 6.07 Å². The molecule has 1 aromatic carbocycles. The minimum absolute atomic E-state index is 0.228. The van der Waals surface area contributed by atoms with Gasteiger partial charge >= 0.3 is 0 Å². The third-order valence-corrected chi connectivity index (χ3v) is 4.82. The topological polar surface area (TPSA) is 17.1 Å². The molecule has 1 aliphatic rings. The Hall–Kier alpha value is -0.930. The second kappa shape index (κ2) is 3.04. The second-order valence-corrected chi connectivity index (χ2v) is 5.67. The Labute approximate surface area is 89.7 Å². The van der Waals surface area contributed by atoms with Gasteiger partial charge in [0.05, 0.1) is 4.88 Å². The number of benzene rings is 1. The number of aryl methyl sites for hydroxylation is 2. The summed E-state index contributed by atoms with van der Waals surface area (Å²) >= 11 is 2.81. The fourth-order valence-corrected chi connectivity index (χ4v) is 4.15. The van der Waals surface area contributed by atoms with E-state index in [0.717, 1.165) is 12.8 Å². The van der Waals surface area contributed by atoms with Crippen LogP contribution in [0, 0.1) is 0 Å². The van der Waals surface area contributed by atoms with E-state index in [1.165, 1.54) is 43.6 Å². The molecule has 0 bridgehead atoms. The highest BCUT2D eigenvalue weighted by molar-refractivity contribution is 7.29. The summed E-state index contributed by atoms with van der Waals surface area (Å²) in [4.78, 5) is 13.8. The first-order chi connectivity index (χ1) is 6.84. The van der Waals surface area contributed by atoms with E-state index in [4.69, 9.17) is 0 Å². The Balaban J connectivity index is 2.33. The van der Waals surface area contributed by atoms with Gasteiger partial charge in [-0.1, -0.05) is 46.9 Å². The predicted molar refractivity (Wildman–Crippen MR) is 61.3 cm³/mol. The molecule has 3 heteroatoms. The van der Waals surface area contributed by atoms with Crippen LogP contribution in [0.15, 0.2) is 29.1 Å². The maximum Gasteiger partial charge on any atom is 0.288 e. The van der Waals surface area contributed by atoms with Crippen molar-refractivity contribution in [2.75, 3.05) is 0 Å². The largest absolute Gasteiger partial charge is 0.288 e. The molecule has 14 heavy (non-hydrogen) atoms. The van der Waals surface area contributed by atoms with Crippen molar-refractivity contribution in [3.05, 3.63) is 43.6 Å². The van der Waals surface area contributed by atoms with Crippen molar-refractivity contribution in [3.8, 4) is 10.4 Å². The second-order valence-electron chi connectivity index (χ2n) is 3.36. The Kier molecular flexibility index (Phi) is 1.82. The molecule has 1 aromatic heterocycles. The summed E-state index contributed by atoms with van der Waals surface area (Å²) in [5, 5.41) is 0. The normalized spacial score (nSPS) is 13.4. The van der Waals surface area contributed by atoms with Gasteiger partial charge in [0.2, 0.25) is 0 Å². The van der Waals surface area contributed by atoms with Gasteiger partial charge in [0.25, 0.3) is 4.06 Å². The summed E-state index contributed by atoms with van der Waals surface area (Å²) in [5.41, 5.74) is 2.66. The SMILES string of the molecule is O=c1sc2c(s1)-c1ccccc1CC2. The van der Waals surface area contributed by atoms with Gasteiger partial charge in [-0.2, -0.15) is 0 Å². The van der Waals surface area contributed by atoms with E-state index in [9.17, 15) is 4.79 Å². The lowest BCUT2D eigenvalue weighted by atomic mass is 9.95. The lowest BCUT2D eigenvalue weighted by molar-refractivity contribution is 0.967. The van der Waals surface area contributed by atoms with Crippen LogP contribution < -0.4 is 4.06 Å². The highest BCUT2D eigenvalue weighted by Gasteiger charge is 2.18. The van der Waals surface area contributed by atoms with Crippen molar-refractivity contribution < 1.29 is 0 Å². The minimum Gasteiger partial charge on any atom is -0.265 e. The summed E-state index contributed by atoms with van der Waals surface area (Å²) in [6.07, 6.45) is 2.12. The molecule has 0 saturated heterocycles. The fourth-order valence-electron chi connectivity index (χ4n) is 1.89. The van der Waals surface area contributed by atoms with Gasteiger partial charge in [-0.15, -0.1) is 0 Å². The fraction of sp³-hybridized carbons (Fsp3) is 0.182. The van der Waals surface area contributed by atoms with E-state index in [2.05, 4.69) is 18.2 Å². The maximum absolute atomic E-state index is 11.3. The molecule has 1 nitrogen and oxygen atoms in total. The van der Waals surface area contributed by atoms with Gasteiger partial charge in [-0.25, -0.2) is 0 Å². The molecule has 0 amide bonds. The van der Waals surface area contributed by atoms with E-state index >= 15 is 0 Å². The molecule has 0 aliphatic heterocycles. The Morgan fingerprint density at radius 1 is 1.07 bits per heavy atom. The van der Waals surface area contributed by atoms with Crippen LogP contribution >= 0.6 is 22.7 Å². The average Bonchev–Trinajstić information content (AvgIpc) is 2.59. The van der Waals surface area contributed by atoms with Crippen LogP contribution in [0.5, 0.6) is 0 Å². The van der Waals surface area contributed by atoms with Crippen molar-refractivity contribution in [2.45, 2.75) is 12.8 Å². The number of fused-ring (bicyclic) bond motifs is 3. The Bertz CT molecular complexity index is 536. The monoisotopic (exact) mass is 220 g/mol. The molecule has 2 aromatic rings. The van der Waals surface area contributed by atoms with Gasteiger partial charge in [-0.3, -0.25) is 4.79 Å². The number of hydrogen-bond donors (Lipinski definition) is 0. The van der Waals surface area contributed by atoms with Crippen LogP contribution in [0.3, 0.4) is 0 Å². The molecule has 0 fully saturated rings. The molecule has 0 saturated carbocycles. The third kappa shape index (κ3) is 1.16. The Morgan fingerprint density at radius 3 is 2.86 bits per heavy atom. The molecule has 0 N–H and O–H groups in total. The highest BCUT2D eigenvalue weighted by atomic mass is 32.2. The van der Waals surface area contributed by atoms with Crippen LogP contribution in [0.1, 0.15) is 10.4 Å². The first-order valence-corrected chi connectivity index (χ1v) is 6.19. The summed E-state index contributed by atoms with van der Waals surface area (Å²) in [7, 11) is 0. The van der Waals surface area contributed by atoms with Gasteiger partial charge in [-0.05, 0) is 24.0 Å². The summed E-state index contributed by atoms with van der Waals surface area (Å²) in [5.74, 6) is 0. The Morgan fingerprint density at radius 2 is 1.93 bits per heavy atom. The smallest absolute Gasteiger partial charge is 0.265 e. The molecule has 0 radical (unpaired) electrons. The standard InChI is InChI=1S/C11H8OS2/c12-11-13-9-6-5-7-3-1-2-4-8(7)10(9)14-11/h1-4H,5-6H2. The van der Waals surface area contributed by atoms with Crippen LogP contribution in [0.4, 0.5) is 0 Å². The van der Waals surface area contributed by atoms with Gasteiger partial charge in [0.15, 0.2) is 0 Å². The van der Waals surface area contributed by atoms with E-state index in [1.54, 1.807) is 0 Å². The lowest BCUT2D eigenvalue weighted by Gasteiger charge is -2.14. The molecule has 0 spiro atoms. The van der Waals surface area contributed by atoms with Crippen LogP contribution in [0.25, 0.3) is 10.4 Å². The van der Waals surface area contributed by atoms with Gasteiger partial charge in [0.1, 0.15) is 0 Å². The molecule has 0 atom stereocenters. The molecule has 1 aliphatic carbocycles. The molecular weight excluding hydrogens is 212 g/mol. The summed E-state index contributed by atoms with van der Waals surface area (Å²) in [6.45, 7) is 0. The zero-order valence-electron chi connectivity index (χ0n) is 7.45. The average molecular weight is 220 g/mol. The molecule has 0 unspecified atom stereocenters. The van der Waals surface area contributed by atoms with E-state index < -0.39 is 0 Å².